The minimum absolute atomic E-state index is 0.129. The van der Waals surface area contributed by atoms with Gasteiger partial charge >= 0.3 is 5.69 Å². The molecule has 0 saturated heterocycles. The average Bonchev–Trinajstić information content (AvgIpc) is 2.87. The third kappa shape index (κ3) is 2.23. The number of nitrogens with zero attached hydrogens (tertiary/aromatic N) is 2. The van der Waals surface area contributed by atoms with Crippen molar-refractivity contribution in [1.82, 2.24) is 9.55 Å². The second-order valence-electron chi connectivity index (χ2n) is 4.25. The Kier molecular flexibility index (Phi) is 3.12. The molecule has 0 spiro atoms. The van der Waals surface area contributed by atoms with E-state index in [1.54, 1.807) is 12.1 Å². The zero-order valence-electron chi connectivity index (χ0n) is 10.2. The molecule has 1 aromatic carbocycles. The van der Waals surface area contributed by atoms with Crippen molar-refractivity contribution in [2.45, 2.75) is 6.54 Å². The summed E-state index contributed by atoms with van der Waals surface area (Å²) in [5, 5.41) is 1.02. The molecule has 0 fully saturated rings. The molecule has 0 saturated carbocycles. The summed E-state index contributed by atoms with van der Waals surface area (Å²) in [4.78, 5) is 27.4. The van der Waals surface area contributed by atoms with E-state index in [1.807, 2.05) is 12.1 Å². The van der Waals surface area contributed by atoms with Gasteiger partial charge in [-0.05, 0) is 6.07 Å². The Morgan fingerprint density at radius 2 is 2.15 bits per heavy atom. The Balaban J connectivity index is 1.97. The molecule has 0 atom stereocenters. The minimum Gasteiger partial charge on any atom is -0.464 e. The number of Topliss-reactive ketones (excluding diaryl/α,β-unsaturated/α-hetero) is 1. The number of carbonyl (C=O) groups is 1. The number of furan rings is 1. The molecule has 5 nitrogen and oxygen atoms in total. The standard InChI is InChI=1S/C14H9ClN2O3/c15-9-5-16-14(19)17(6-9)7-12(18)11-8-20-13-4-2-1-3-10(11)13/h1-6,8H,7H2. The van der Waals surface area contributed by atoms with Gasteiger partial charge in [-0.15, -0.1) is 0 Å². The number of rotatable bonds is 3. The van der Waals surface area contributed by atoms with Gasteiger partial charge in [-0.2, -0.15) is 0 Å². The molecule has 3 rings (SSSR count). The summed E-state index contributed by atoms with van der Waals surface area (Å²) < 4.78 is 6.48. The molecule has 3 aromatic rings. The fraction of sp³-hybridized carbons (Fsp3) is 0.0714. The SMILES string of the molecule is O=C(Cn1cc(Cl)cnc1=O)c1coc2ccccc12. The Bertz CT molecular complexity index is 851. The summed E-state index contributed by atoms with van der Waals surface area (Å²) in [6, 6.07) is 7.22. The van der Waals surface area contributed by atoms with Crippen LogP contribution in [0.25, 0.3) is 11.0 Å². The molecule has 0 radical (unpaired) electrons. The van der Waals surface area contributed by atoms with Crippen LogP contribution in [0.1, 0.15) is 10.4 Å². The van der Waals surface area contributed by atoms with Crippen molar-refractivity contribution in [1.29, 1.82) is 0 Å². The van der Waals surface area contributed by atoms with Crippen LogP contribution in [0.4, 0.5) is 0 Å². The fourth-order valence-corrected chi connectivity index (χ4v) is 2.14. The molecular formula is C14H9ClN2O3. The van der Waals surface area contributed by atoms with Crippen LogP contribution in [0, 0.1) is 0 Å². The van der Waals surface area contributed by atoms with E-state index in [1.165, 1.54) is 23.2 Å². The maximum atomic E-state index is 12.3. The number of hydrogen-bond donors (Lipinski definition) is 0. The van der Waals surface area contributed by atoms with E-state index in [0.717, 1.165) is 5.39 Å². The Morgan fingerprint density at radius 1 is 1.35 bits per heavy atom. The second-order valence-corrected chi connectivity index (χ2v) is 4.69. The van der Waals surface area contributed by atoms with Gasteiger partial charge in [0.1, 0.15) is 11.8 Å². The number of fused-ring (bicyclic) bond motifs is 1. The van der Waals surface area contributed by atoms with Gasteiger partial charge in [0, 0.05) is 11.6 Å². The summed E-state index contributed by atoms with van der Waals surface area (Å²) in [7, 11) is 0. The summed E-state index contributed by atoms with van der Waals surface area (Å²) in [5.74, 6) is -0.235. The highest BCUT2D eigenvalue weighted by molar-refractivity contribution is 6.30. The number of aromatic nitrogens is 2. The molecular weight excluding hydrogens is 280 g/mol. The van der Waals surface area contributed by atoms with Gasteiger partial charge in [0.15, 0.2) is 5.78 Å². The Hall–Kier alpha value is -2.40. The van der Waals surface area contributed by atoms with Crippen LogP contribution in [-0.4, -0.2) is 15.3 Å². The molecule has 6 heteroatoms. The van der Waals surface area contributed by atoms with E-state index >= 15 is 0 Å². The molecule has 0 bridgehead atoms. The van der Waals surface area contributed by atoms with Crippen LogP contribution in [0.3, 0.4) is 0 Å². The molecule has 0 amide bonds. The van der Waals surface area contributed by atoms with Crippen molar-refractivity contribution in [3.8, 4) is 0 Å². The third-order valence-corrected chi connectivity index (χ3v) is 3.11. The van der Waals surface area contributed by atoms with Gasteiger partial charge in [0.05, 0.1) is 23.3 Å². The smallest absolute Gasteiger partial charge is 0.348 e. The number of hydrogen-bond acceptors (Lipinski definition) is 4. The molecule has 0 unspecified atom stereocenters. The summed E-state index contributed by atoms with van der Waals surface area (Å²) in [6.45, 7) is -0.129. The van der Waals surface area contributed by atoms with Gasteiger partial charge in [-0.3, -0.25) is 9.36 Å². The molecule has 0 aliphatic rings. The predicted octanol–water partition coefficient (Wildman–Crippen LogP) is 2.53. The third-order valence-electron chi connectivity index (χ3n) is 2.92. The molecule has 0 N–H and O–H groups in total. The van der Waals surface area contributed by atoms with Gasteiger partial charge in [-0.1, -0.05) is 29.8 Å². The van der Waals surface area contributed by atoms with E-state index in [9.17, 15) is 9.59 Å². The van der Waals surface area contributed by atoms with E-state index in [4.69, 9.17) is 16.0 Å². The largest absolute Gasteiger partial charge is 0.464 e. The lowest BCUT2D eigenvalue weighted by Gasteiger charge is -2.03. The highest BCUT2D eigenvalue weighted by Crippen LogP contribution is 2.21. The number of para-hydroxylation sites is 1. The monoisotopic (exact) mass is 288 g/mol. The highest BCUT2D eigenvalue weighted by Gasteiger charge is 2.14. The summed E-state index contributed by atoms with van der Waals surface area (Å²) in [5.41, 5.74) is 0.551. The molecule has 2 heterocycles. The van der Waals surface area contributed by atoms with E-state index in [0.29, 0.717) is 16.2 Å². The van der Waals surface area contributed by atoms with Crippen molar-refractivity contribution in [2.75, 3.05) is 0 Å². The number of carbonyl (C=O) groups excluding carboxylic acids is 1. The van der Waals surface area contributed by atoms with Gasteiger partial charge in [0.25, 0.3) is 0 Å². The van der Waals surface area contributed by atoms with E-state index < -0.39 is 5.69 Å². The van der Waals surface area contributed by atoms with Crippen molar-refractivity contribution >= 4 is 28.4 Å². The van der Waals surface area contributed by atoms with Crippen LogP contribution >= 0.6 is 11.6 Å². The topological polar surface area (TPSA) is 65.1 Å². The highest BCUT2D eigenvalue weighted by atomic mass is 35.5. The first kappa shape index (κ1) is 12.6. The van der Waals surface area contributed by atoms with Gasteiger partial charge in [0.2, 0.25) is 0 Å². The number of benzene rings is 1. The van der Waals surface area contributed by atoms with Crippen molar-refractivity contribution in [2.24, 2.45) is 0 Å². The number of ketones is 1. The zero-order valence-corrected chi connectivity index (χ0v) is 11.0. The normalized spacial score (nSPS) is 10.8. The molecule has 0 aliphatic heterocycles. The summed E-state index contributed by atoms with van der Waals surface area (Å²) in [6.07, 6.45) is 4.03. The van der Waals surface area contributed by atoms with Crippen LogP contribution in [0.5, 0.6) is 0 Å². The lowest BCUT2D eigenvalue weighted by Crippen LogP contribution is -2.25. The van der Waals surface area contributed by atoms with Gasteiger partial charge < -0.3 is 4.42 Å². The van der Waals surface area contributed by atoms with Crippen LogP contribution in [0.15, 0.2) is 52.1 Å². The first-order valence-electron chi connectivity index (χ1n) is 5.86. The van der Waals surface area contributed by atoms with Crippen LogP contribution in [0.2, 0.25) is 5.02 Å². The first-order chi connectivity index (χ1) is 9.65. The Labute approximate surface area is 118 Å². The van der Waals surface area contributed by atoms with Crippen molar-refractivity contribution < 1.29 is 9.21 Å². The fourth-order valence-electron chi connectivity index (χ4n) is 1.98. The van der Waals surface area contributed by atoms with E-state index in [-0.39, 0.29) is 12.3 Å². The predicted molar refractivity (Wildman–Crippen MR) is 74.1 cm³/mol. The van der Waals surface area contributed by atoms with E-state index in [2.05, 4.69) is 4.98 Å². The van der Waals surface area contributed by atoms with Crippen molar-refractivity contribution in [3.05, 3.63) is 64.0 Å². The Morgan fingerprint density at radius 3 is 3.00 bits per heavy atom. The maximum absolute atomic E-state index is 12.3. The molecule has 20 heavy (non-hydrogen) atoms. The lowest BCUT2D eigenvalue weighted by atomic mass is 10.1. The lowest BCUT2D eigenvalue weighted by molar-refractivity contribution is 0.0971. The minimum atomic E-state index is -0.518. The zero-order chi connectivity index (χ0) is 14.1. The summed E-state index contributed by atoms with van der Waals surface area (Å²) >= 11 is 5.77. The first-order valence-corrected chi connectivity index (χ1v) is 6.24. The maximum Gasteiger partial charge on any atom is 0.348 e. The second kappa shape index (κ2) is 4.94. The van der Waals surface area contributed by atoms with Crippen molar-refractivity contribution in [3.63, 3.8) is 0 Å². The van der Waals surface area contributed by atoms with Crippen LogP contribution in [-0.2, 0) is 6.54 Å². The average molecular weight is 289 g/mol. The molecule has 100 valence electrons. The number of halogens is 1. The molecule has 2 aromatic heterocycles. The van der Waals surface area contributed by atoms with Crippen LogP contribution < -0.4 is 5.69 Å². The molecule has 0 aliphatic carbocycles. The van der Waals surface area contributed by atoms with Gasteiger partial charge in [-0.25, -0.2) is 9.78 Å². The quantitative estimate of drug-likeness (QED) is 0.695.